The fourth-order valence-electron chi connectivity index (χ4n) is 2.86. The molecule has 1 fully saturated rings. The van der Waals surface area contributed by atoms with Gasteiger partial charge in [0.2, 0.25) is 0 Å². The molecule has 0 aromatic heterocycles. The highest BCUT2D eigenvalue weighted by Gasteiger charge is 2.31. The molecule has 1 N–H and O–H groups in total. The van der Waals surface area contributed by atoms with Gasteiger partial charge in [-0.25, -0.2) is 0 Å². The third-order valence-corrected chi connectivity index (χ3v) is 4.58. The third-order valence-electron chi connectivity index (χ3n) is 4.58. The number of nitrogens with one attached hydrogen (secondary N) is 1. The molecule has 0 spiro atoms. The molecule has 1 aliphatic heterocycles. The fraction of sp³-hybridized carbons (Fsp3) is 1.00. The van der Waals surface area contributed by atoms with Gasteiger partial charge in [0, 0.05) is 25.2 Å². The van der Waals surface area contributed by atoms with Crippen LogP contribution in [-0.2, 0) is 0 Å². The minimum Gasteiger partial charge on any atom is -0.311 e. The minimum absolute atomic E-state index is 0.692. The predicted octanol–water partition coefficient (Wildman–Crippen LogP) is 3.38. The Bertz CT molecular complexity index is 225. The summed E-state index contributed by atoms with van der Waals surface area (Å²) < 4.78 is 0. The van der Waals surface area contributed by atoms with Crippen molar-refractivity contribution < 1.29 is 0 Å². The van der Waals surface area contributed by atoms with Gasteiger partial charge in [0.25, 0.3) is 0 Å². The van der Waals surface area contributed by atoms with Crippen LogP contribution >= 0.6 is 0 Å². The fourth-order valence-corrected chi connectivity index (χ4v) is 2.86. The maximum absolute atomic E-state index is 3.78. The first-order valence-corrected chi connectivity index (χ1v) is 7.93. The van der Waals surface area contributed by atoms with Crippen LogP contribution < -0.4 is 5.32 Å². The molecule has 2 nitrogen and oxygen atoms in total. The lowest BCUT2D eigenvalue weighted by atomic mass is 9.91. The van der Waals surface area contributed by atoms with Crippen molar-refractivity contribution in [2.75, 3.05) is 19.6 Å². The monoisotopic (exact) mass is 254 g/mol. The Balaban J connectivity index is 2.58. The zero-order chi connectivity index (χ0) is 13.7. The van der Waals surface area contributed by atoms with Crippen LogP contribution in [-0.4, -0.2) is 36.6 Å². The molecule has 3 atom stereocenters. The SMILES string of the molecule is CCC(C)C1CN(CCC(C)C)C(C(C)C)CN1. The lowest BCUT2D eigenvalue weighted by molar-refractivity contribution is 0.0777. The van der Waals surface area contributed by atoms with Crippen molar-refractivity contribution in [3.63, 3.8) is 0 Å². The van der Waals surface area contributed by atoms with E-state index in [0.717, 1.165) is 23.8 Å². The van der Waals surface area contributed by atoms with Crippen LogP contribution in [0.15, 0.2) is 0 Å². The zero-order valence-electron chi connectivity index (χ0n) is 13.4. The summed E-state index contributed by atoms with van der Waals surface area (Å²) in [5.74, 6) is 2.36. The van der Waals surface area contributed by atoms with Gasteiger partial charge in [-0.15, -0.1) is 0 Å². The molecule has 0 aromatic carbocycles. The summed E-state index contributed by atoms with van der Waals surface area (Å²) in [4.78, 5) is 2.75. The first-order chi connectivity index (χ1) is 8.45. The molecule has 1 aliphatic rings. The van der Waals surface area contributed by atoms with Crippen molar-refractivity contribution in [2.45, 2.75) is 66.5 Å². The summed E-state index contributed by atoms with van der Waals surface area (Å²) in [5.41, 5.74) is 0. The van der Waals surface area contributed by atoms with Gasteiger partial charge in [-0.2, -0.15) is 0 Å². The normalized spacial score (nSPS) is 28.0. The summed E-state index contributed by atoms with van der Waals surface area (Å²) in [6, 6.07) is 1.42. The van der Waals surface area contributed by atoms with Crippen LogP contribution in [0.4, 0.5) is 0 Å². The molecule has 1 saturated heterocycles. The Kier molecular flexibility index (Phi) is 6.65. The number of piperazine rings is 1. The Morgan fingerprint density at radius 3 is 2.33 bits per heavy atom. The molecule has 0 amide bonds. The molecule has 0 saturated carbocycles. The van der Waals surface area contributed by atoms with Crippen molar-refractivity contribution >= 4 is 0 Å². The van der Waals surface area contributed by atoms with Gasteiger partial charge in [-0.1, -0.05) is 48.0 Å². The van der Waals surface area contributed by atoms with E-state index < -0.39 is 0 Å². The molecule has 1 heterocycles. The topological polar surface area (TPSA) is 15.3 Å². The zero-order valence-corrected chi connectivity index (χ0v) is 13.4. The van der Waals surface area contributed by atoms with Crippen LogP contribution in [0.5, 0.6) is 0 Å². The van der Waals surface area contributed by atoms with E-state index in [9.17, 15) is 0 Å². The van der Waals surface area contributed by atoms with E-state index in [2.05, 4.69) is 51.8 Å². The highest BCUT2D eigenvalue weighted by molar-refractivity contribution is 4.89. The second-order valence-electron chi connectivity index (χ2n) is 6.89. The molecule has 0 bridgehead atoms. The molecule has 2 heteroatoms. The smallest absolute Gasteiger partial charge is 0.0244 e. The number of hydrogen-bond donors (Lipinski definition) is 1. The van der Waals surface area contributed by atoms with E-state index in [1.165, 1.54) is 32.5 Å². The van der Waals surface area contributed by atoms with E-state index in [1.54, 1.807) is 0 Å². The maximum atomic E-state index is 3.78. The van der Waals surface area contributed by atoms with E-state index in [0.29, 0.717) is 6.04 Å². The summed E-state index contributed by atoms with van der Waals surface area (Å²) in [7, 11) is 0. The van der Waals surface area contributed by atoms with Gasteiger partial charge in [0.15, 0.2) is 0 Å². The van der Waals surface area contributed by atoms with Crippen LogP contribution in [0.1, 0.15) is 54.4 Å². The highest BCUT2D eigenvalue weighted by Crippen LogP contribution is 2.20. The summed E-state index contributed by atoms with van der Waals surface area (Å²) in [6.45, 7) is 17.8. The summed E-state index contributed by atoms with van der Waals surface area (Å²) in [6.07, 6.45) is 2.61. The van der Waals surface area contributed by atoms with Crippen molar-refractivity contribution in [1.29, 1.82) is 0 Å². The summed E-state index contributed by atoms with van der Waals surface area (Å²) in [5, 5.41) is 3.78. The first-order valence-electron chi connectivity index (χ1n) is 7.93. The van der Waals surface area contributed by atoms with Gasteiger partial charge < -0.3 is 5.32 Å². The van der Waals surface area contributed by atoms with Gasteiger partial charge in [0.05, 0.1) is 0 Å². The minimum atomic E-state index is 0.692. The molecule has 108 valence electrons. The largest absolute Gasteiger partial charge is 0.311 e. The van der Waals surface area contributed by atoms with Gasteiger partial charge in [-0.3, -0.25) is 4.90 Å². The second-order valence-corrected chi connectivity index (χ2v) is 6.89. The third kappa shape index (κ3) is 4.55. The lowest BCUT2D eigenvalue weighted by Crippen LogP contribution is -2.60. The Morgan fingerprint density at radius 2 is 1.83 bits per heavy atom. The average Bonchev–Trinajstić information content (AvgIpc) is 2.34. The quantitative estimate of drug-likeness (QED) is 0.782. The van der Waals surface area contributed by atoms with Crippen molar-refractivity contribution in [3.8, 4) is 0 Å². The molecule has 0 aliphatic carbocycles. The van der Waals surface area contributed by atoms with E-state index >= 15 is 0 Å². The molecule has 1 rings (SSSR count). The molecule has 18 heavy (non-hydrogen) atoms. The Labute approximate surface area is 115 Å². The Hall–Kier alpha value is -0.0800. The lowest BCUT2D eigenvalue weighted by Gasteiger charge is -2.44. The van der Waals surface area contributed by atoms with E-state index in [4.69, 9.17) is 0 Å². The second kappa shape index (κ2) is 7.49. The predicted molar refractivity (Wildman–Crippen MR) is 80.9 cm³/mol. The van der Waals surface area contributed by atoms with Gasteiger partial charge in [-0.05, 0) is 30.7 Å². The first kappa shape index (κ1) is 16.0. The molecular weight excluding hydrogens is 220 g/mol. The van der Waals surface area contributed by atoms with Crippen LogP contribution in [0.3, 0.4) is 0 Å². The standard InChI is InChI=1S/C16H34N2/c1-7-14(6)15-11-18(9-8-12(2)3)16(10-17-15)13(4)5/h12-17H,7-11H2,1-6H3. The summed E-state index contributed by atoms with van der Waals surface area (Å²) >= 11 is 0. The van der Waals surface area contributed by atoms with Crippen molar-refractivity contribution in [2.24, 2.45) is 17.8 Å². The van der Waals surface area contributed by atoms with E-state index in [1.807, 2.05) is 0 Å². The van der Waals surface area contributed by atoms with Crippen molar-refractivity contribution in [1.82, 2.24) is 10.2 Å². The van der Waals surface area contributed by atoms with Crippen molar-refractivity contribution in [3.05, 3.63) is 0 Å². The molecular formula is C16H34N2. The maximum Gasteiger partial charge on any atom is 0.0244 e. The van der Waals surface area contributed by atoms with Gasteiger partial charge >= 0.3 is 0 Å². The number of hydrogen-bond acceptors (Lipinski definition) is 2. The highest BCUT2D eigenvalue weighted by atomic mass is 15.2. The van der Waals surface area contributed by atoms with E-state index in [-0.39, 0.29) is 0 Å². The molecule has 3 unspecified atom stereocenters. The Morgan fingerprint density at radius 1 is 1.17 bits per heavy atom. The van der Waals surface area contributed by atoms with Gasteiger partial charge in [0.1, 0.15) is 0 Å². The number of nitrogens with zero attached hydrogens (tertiary/aromatic N) is 1. The average molecular weight is 254 g/mol. The van der Waals surface area contributed by atoms with Crippen LogP contribution in [0.25, 0.3) is 0 Å². The number of rotatable bonds is 6. The van der Waals surface area contributed by atoms with Crippen LogP contribution in [0.2, 0.25) is 0 Å². The van der Waals surface area contributed by atoms with Crippen LogP contribution in [0, 0.1) is 17.8 Å². The molecule has 0 radical (unpaired) electrons. The molecule has 0 aromatic rings.